The Morgan fingerprint density at radius 3 is 1.31 bits per heavy atom. The van der Waals surface area contributed by atoms with Crippen LogP contribution in [-0.2, 0) is 0 Å². The van der Waals surface area contributed by atoms with Crippen molar-refractivity contribution in [2.24, 2.45) is 11.8 Å². The zero-order chi connectivity index (χ0) is 36.9. The topological polar surface area (TPSA) is 52.0 Å². The number of nitrogen functional groups attached to an aromatic ring is 2. The van der Waals surface area contributed by atoms with Crippen LogP contribution in [0, 0.1) is 25.7 Å². The lowest BCUT2D eigenvalue weighted by Gasteiger charge is -2.31. The van der Waals surface area contributed by atoms with Gasteiger partial charge in [0.2, 0.25) is 0 Å². The van der Waals surface area contributed by atoms with E-state index in [1.807, 2.05) is 0 Å². The number of rotatable bonds is 19. The molecule has 3 unspecified atom stereocenters. The van der Waals surface area contributed by atoms with E-state index in [2.05, 4.69) is 120 Å². The molecule has 4 aromatic carbocycles. The quantitative estimate of drug-likeness (QED) is 0.0756. The van der Waals surface area contributed by atoms with Crippen molar-refractivity contribution >= 4 is 11.4 Å². The van der Waals surface area contributed by atoms with Gasteiger partial charge in [0.15, 0.2) is 0 Å². The van der Waals surface area contributed by atoms with Crippen molar-refractivity contribution in [2.45, 2.75) is 155 Å². The summed E-state index contributed by atoms with van der Waals surface area (Å²) in [5.74, 6) is 2.93. The smallest absolute Gasteiger partial charge is 0.0316 e. The molecule has 1 aliphatic rings. The Balaban J connectivity index is 1.46. The van der Waals surface area contributed by atoms with E-state index in [0.29, 0.717) is 17.8 Å². The molecule has 280 valence electrons. The highest BCUT2D eigenvalue weighted by molar-refractivity contribution is 5.50. The van der Waals surface area contributed by atoms with Gasteiger partial charge >= 0.3 is 0 Å². The van der Waals surface area contributed by atoms with Gasteiger partial charge < -0.3 is 11.5 Å². The van der Waals surface area contributed by atoms with Gasteiger partial charge in [-0.1, -0.05) is 158 Å². The van der Waals surface area contributed by atoms with Crippen LogP contribution in [0.5, 0.6) is 0 Å². The third-order valence-corrected chi connectivity index (χ3v) is 12.7. The van der Waals surface area contributed by atoms with Crippen molar-refractivity contribution in [2.75, 3.05) is 11.5 Å². The van der Waals surface area contributed by atoms with Gasteiger partial charge in [-0.25, -0.2) is 0 Å². The molecule has 2 nitrogen and oxygen atoms in total. The number of hydrogen-bond acceptors (Lipinski definition) is 2. The molecular weight excluding hydrogens is 629 g/mol. The maximum Gasteiger partial charge on any atom is 0.0316 e. The fraction of sp³-hybridized carbons (Fsp3) is 0.520. The van der Waals surface area contributed by atoms with Crippen molar-refractivity contribution in [3.8, 4) is 0 Å². The monoisotopic (exact) mass is 699 g/mol. The second kappa shape index (κ2) is 20.1. The number of hydrogen-bond donors (Lipinski definition) is 2. The minimum atomic E-state index is 0.398. The Hall–Kier alpha value is -3.52. The fourth-order valence-electron chi connectivity index (χ4n) is 9.59. The van der Waals surface area contributed by atoms with E-state index in [-0.39, 0.29) is 0 Å². The molecule has 2 heteroatoms. The molecule has 1 saturated carbocycles. The molecule has 0 saturated heterocycles. The van der Waals surface area contributed by atoms with Gasteiger partial charge in [0.25, 0.3) is 0 Å². The van der Waals surface area contributed by atoms with Crippen LogP contribution >= 0.6 is 0 Å². The average Bonchev–Trinajstić information content (AvgIpc) is 3.15. The summed E-state index contributed by atoms with van der Waals surface area (Å²) in [6.45, 7) is 11.5. The van der Waals surface area contributed by atoms with Crippen LogP contribution in [0.2, 0.25) is 0 Å². The predicted molar refractivity (Wildman–Crippen MR) is 227 cm³/mol. The molecule has 4 N–H and O–H groups in total. The van der Waals surface area contributed by atoms with E-state index in [1.165, 1.54) is 147 Å². The van der Waals surface area contributed by atoms with Crippen molar-refractivity contribution in [1.29, 1.82) is 0 Å². The van der Waals surface area contributed by atoms with E-state index in [0.717, 1.165) is 23.2 Å². The van der Waals surface area contributed by atoms with E-state index >= 15 is 0 Å². The maximum absolute atomic E-state index is 6.19. The second-order valence-electron chi connectivity index (χ2n) is 16.4. The summed E-state index contributed by atoms with van der Waals surface area (Å²) in [6, 6.07) is 32.7. The number of benzene rings is 4. The van der Waals surface area contributed by atoms with E-state index < -0.39 is 0 Å². The van der Waals surface area contributed by atoms with Crippen molar-refractivity contribution in [3.05, 3.63) is 129 Å². The summed E-state index contributed by atoms with van der Waals surface area (Å²) in [4.78, 5) is 0. The lowest BCUT2D eigenvalue weighted by atomic mass is 9.74. The van der Waals surface area contributed by atoms with Gasteiger partial charge in [0.05, 0.1) is 0 Å². The first-order valence-corrected chi connectivity index (χ1v) is 21.2. The molecule has 5 rings (SSSR count). The van der Waals surface area contributed by atoms with Crippen LogP contribution in [-0.4, -0.2) is 0 Å². The summed E-state index contributed by atoms with van der Waals surface area (Å²) >= 11 is 0. The van der Waals surface area contributed by atoms with Crippen LogP contribution in [0.25, 0.3) is 0 Å². The van der Waals surface area contributed by atoms with Crippen LogP contribution in [0.3, 0.4) is 0 Å². The summed E-state index contributed by atoms with van der Waals surface area (Å²) < 4.78 is 0. The second-order valence-corrected chi connectivity index (χ2v) is 16.4. The Kier molecular flexibility index (Phi) is 15.3. The first kappa shape index (κ1) is 39.7. The number of aryl methyl sites for hydroxylation is 2. The van der Waals surface area contributed by atoms with Crippen LogP contribution in [0.15, 0.2) is 84.9 Å². The molecule has 52 heavy (non-hydrogen) atoms. The zero-order valence-electron chi connectivity index (χ0n) is 33.4. The Bertz CT molecular complexity index is 1520. The van der Waals surface area contributed by atoms with Gasteiger partial charge in [-0.15, -0.1) is 0 Å². The third kappa shape index (κ3) is 10.5. The van der Waals surface area contributed by atoms with Crippen molar-refractivity contribution in [1.82, 2.24) is 0 Å². The lowest BCUT2D eigenvalue weighted by Crippen LogP contribution is -2.18. The molecular formula is C50H70N2. The van der Waals surface area contributed by atoms with Gasteiger partial charge in [-0.05, 0) is 120 Å². The zero-order valence-corrected chi connectivity index (χ0v) is 33.4. The molecule has 3 atom stereocenters. The molecule has 4 aromatic rings. The van der Waals surface area contributed by atoms with Crippen LogP contribution in [0.1, 0.15) is 186 Å². The molecule has 0 bridgehead atoms. The first-order valence-electron chi connectivity index (χ1n) is 21.2. The standard InChI is InChI=1S/C50H70N2/c1-6-9-12-18-49(46-32-29-44(51)34-36(46)4)42-24-20-40(21-25-42)48(31-28-38(8-3)39-16-14-11-15-17-39)41-22-26-43(27-23-41)50(19-13-10-7-2)47-33-30-45(52)35-37(47)5/h20-27,29-30,32-35,38-39,48-50H,6-19,28,31,51-52H2,1-5H3. The summed E-state index contributed by atoms with van der Waals surface area (Å²) in [5, 5.41) is 0. The molecule has 1 aliphatic carbocycles. The lowest BCUT2D eigenvalue weighted by molar-refractivity contribution is 0.225. The minimum absolute atomic E-state index is 0.398. The minimum Gasteiger partial charge on any atom is -0.399 e. The van der Waals surface area contributed by atoms with Crippen LogP contribution in [0.4, 0.5) is 11.4 Å². The van der Waals surface area contributed by atoms with E-state index in [1.54, 1.807) is 0 Å². The molecule has 0 aliphatic heterocycles. The number of nitrogens with two attached hydrogens (primary N) is 2. The van der Waals surface area contributed by atoms with E-state index in [9.17, 15) is 0 Å². The number of anilines is 2. The molecule has 0 aromatic heterocycles. The highest BCUT2D eigenvalue weighted by atomic mass is 14.5. The van der Waals surface area contributed by atoms with Gasteiger partial charge in [0.1, 0.15) is 0 Å². The van der Waals surface area contributed by atoms with Gasteiger partial charge in [-0.2, -0.15) is 0 Å². The molecule has 0 spiro atoms. The van der Waals surface area contributed by atoms with E-state index in [4.69, 9.17) is 11.5 Å². The number of unbranched alkanes of at least 4 members (excludes halogenated alkanes) is 4. The van der Waals surface area contributed by atoms with Gasteiger partial charge in [-0.3, -0.25) is 0 Å². The van der Waals surface area contributed by atoms with Gasteiger partial charge in [0, 0.05) is 29.1 Å². The predicted octanol–water partition coefficient (Wildman–Crippen LogP) is 14.4. The highest BCUT2D eigenvalue weighted by Crippen LogP contribution is 2.41. The molecule has 0 radical (unpaired) electrons. The summed E-state index contributed by atoms with van der Waals surface area (Å²) in [7, 11) is 0. The third-order valence-electron chi connectivity index (χ3n) is 12.7. The fourth-order valence-corrected chi connectivity index (χ4v) is 9.59. The maximum atomic E-state index is 6.19. The Morgan fingerprint density at radius 1 is 0.500 bits per heavy atom. The van der Waals surface area contributed by atoms with Crippen molar-refractivity contribution < 1.29 is 0 Å². The Morgan fingerprint density at radius 2 is 0.923 bits per heavy atom. The average molecular weight is 699 g/mol. The first-order chi connectivity index (χ1) is 25.3. The summed E-state index contributed by atoms with van der Waals surface area (Å²) in [5.41, 5.74) is 25.3. The normalized spacial score (nSPS) is 16.0. The largest absolute Gasteiger partial charge is 0.399 e. The Labute approximate surface area is 318 Å². The van der Waals surface area contributed by atoms with Crippen LogP contribution < -0.4 is 11.5 Å². The highest BCUT2D eigenvalue weighted by Gasteiger charge is 2.25. The molecule has 0 amide bonds. The molecule has 1 fully saturated rings. The molecule has 0 heterocycles. The van der Waals surface area contributed by atoms with Crippen molar-refractivity contribution in [3.63, 3.8) is 0 Å². The SMILES string of the molecule is CCCCCC(c1ccc(C(CCC(CC)C2CCCCC2)c2ccc(C(CCCCC)c3ccc(N)cc3C)cc2)cc1)c1ccc(N)cc1C. The summed E-state index contributed by atoms with van der Waals surface area (Å²) in [6.07, 6.45) is 20.8.